The number of nitrogens with one attached hydrogen (secondary N) is 2. The van der Waals surface area contributed by atoms with Crippen LogP contribution in [0.1, 0.15) is 44.9 Å². The molecule has 16 heavy (non-hydrogen) atoms. The van der Waals surface area contributed by atoms with Crippen LogP contribution in [0.3, 0.4) is 0 Å². The molecule has 1 aliphatic carbocycles. The molecule has 1 saturated heterocycles. The molecule has 0 spiro atoms. The maximum atomic E-state index is 11.7. The van der Waals surface area contributed by atoms with E-state index in [-0.39, 0.29) is 5.91 Å². The van der Waals surface area contributed by atoms with Crippen molar-refractivity contribution >= 4 is 5.91 Å². The smallest absolute Gasteiger partial charge is 0.220 e. The van der Waals surface area contributed by atoms with E-state index < -0.39 is 0 Å². The van der Waals surface area contributed by atoms with E-state index in [1.807, 2.05) is 0 Å². The van der Waals surface area contributed by atoms with Crippen LogP contribution in [0, 0.1) is 11.8 Å². The van der Waals surface area contributed by atoms with Crippen molar-refractivity contribution in [2.24, 2.45) is 11.8 Å². The molecule has 2 aliphatic rings. The Labute approximate surface area is 98.4 Å². The van der Waals surface area contributed by atoms with Crippen LogP contribution < -0.4 is 10.6 Å². The van der Waals surface area contributed by atoms with Gasteiger partial charge in [-0.05, 0) is 44.2 Å². The first-order valence-corrected chi connectivity index (χ1v) is 6.82. The highest BCUT2D eigenvalue weighted by Gasteiger charge is 2.18. The molecule has 1 unspecified atom stereocenters. The van der Waals surface area contributed by atoms with Gasteiger partial charge in [-0.2, -0.15) is 0 Å². The zero-order valence-electron chi connectivity index (χ0n) is 10.1. The molecule has 2 fully saturated rings. The predicted molar refractivity (Wildman–Crippen MR) is 65.2 cm³/mol. The van der Waals surface area contributed by atoms with Gasteiger partial charge < -0.3 is 10.6 Å². The van der Waals surface area contributed by atoms with Gasteiger partial charge in [-0.3, -0.25) is 4.79 Å². The van der Waals surface area contributed by atoms with E-state index >= 15 is 0 Å². The van der Waals surface area contributed by atoms with Crippen molar-refractivity contribution in [1.82, 2.24) is 10.6 Å². The number of piperidine rings is 1. The van der Waals surface area contributed by atoms with Crippen LogP contribution in [-0.4, -0.2) is 25.5 Å². The molecule has 2 rings (SSSR count). The lowest BCUT2D eigenvalue weighted by molar-refractivity contribution is -0.122. The highest BCUT2D eigenvalue weighted by Crippen LogP contribution is 2.28. The molecule has 92 valence electrons. The molecular formula is C13H24N2O. The molecule has 1 atom stereocenters. The number of rotatable bonds is 5. The number of carbonyl (C=O) groups is 1. The summed E-state index contributed by atoms with van der Waals surface area (Å²) in [5, 5.41) is 6.42. The van der Waals surface area contributed by atoms with Gasteiger partial charge >= 0.3 is 0 Å². The van der Waals surface area contributed by atoms with E-state index in [0.29, 0.717) is 5.92 Å². The lowest BCUT2D eigenvalue weighted by Gasteiger charge is -2.25. The van der Waals surface area contributed by atoms with Gasteiger partial charge in [-0.15, -0.1) is 0 Å². The lowest BCUT2D eigenvalue weighted by atomic mass is 9.83. The number of amides is 1. The van der Waals surface area contributed by atoms with Crippen LogP contribution in [0.5, 0.6) is 0 Å². The van der Waals surface area contributed by atoms with Crippen molar-refractivity contribution in [3.63, 3.8) is 0 Å². The first kappa shape index (κ1) is 11.9. The Bertz CT molecular complexity index is 220. The molecule has 0 aromatic carbocycles. The molecular weight excluding hydrogens is 200 g/mol. The molecule has 2 N–H and O–H groups in total. The van der Waals surface area contributed by atoms with Gasteiger partial charge in [0.2, 0.25) is 5.91 Å². The fourth-order valence-electron chi connectivity index (χ4n) is 2.63. The fourth-order valence-corrected chi connectivity index (χ4v) is 2.63. The van der Waals surface area contributed by atoms with Gasteiger partial charge in [0.05, 0.1) is 0 Å². The molecule has 0 radical (unpaired) electrons. The van der Waals surface area contributed by atoms with Crippen molar-refractivity contribution in [2.75, 3.05) is 19.6 Å². The fraction of sp³-hybridized carbons (Fsp3) is 0.923. The van der Waals surface area contributed by atoms with Crippen molar-refractivity contribution in [3.8, 4) is 0 Å². The summed E-state index contributed by atoms with van der Waals surface area (Å²) >= 11 is 0. The SMILES string of the molecule is O=C(CC1CCCNC1)NCCC1CCC1. The van der Waals surface area contributed by atoms with Crippen molar-refractivity contribution < 1.29 is 4.79 Å². The third-order valence-electron chi connectivity index (χ3n) is 3.97. The number of hydrogen-bond donors (Lipinski definition) is 2. The summed E-state index contributed by atoms with van der Waals surface area (Å²) in [4.78, 5) is 11.7. The van der Waals surface area contributed by atoms with E-state index in [1.54, 1.807) is 0 Å². The monoisotopic (exact) mass is 224 g/mol. The second kappa shape index (κ2) is 6.24. The minimum Gasteiger partial charge on any atom is -0.356 e. The van der Waals surface area contributed by atoms with Gasteiger partial charge in [-0.25, -0.2) is 0 Å². The van der Waals surface area contributed by atoms with Crippen molar-refractivity contribution in [2.45, 2.75) is 44.9 Å². The van der Waals surface area contributed by atoms with E-state index in [0.717, 1.165) is 32.0 Å². The first-order valence-electron chi connectivity index (χ1n) is 6.82. The lowest BCUT2D eigenvalue weighted by Crippen LogP contribution is -2.35. The van der Waals surface area contributed by atoms with Gasteiger partial charge in [-0.1, -0.05) is 19.3 Å². The summed E-state index contributed by atoms with van der Waals surface area (Å²) in [5.74, 6) is 1.72. The average molecular weight is 224 g/mol. The summed E-state index contributed by atoms with van der Waals surface area (Å²) in [6.07, 6.45) is 8.49. The average Bonchev–Trinajstić information content (AvgIpc) is 2.23. The summed E-state index contributed by atoms with van der Waals surface area (Å²) in [5.41, 5.74) is 0. The molecule has 3 heteroatoms. The normalized spacial score (nSPS) is 26.1. The maximum Gasteiger partial charge on any atom is 0.220 e. The van der Waals surface area contributed by atoms with Gasteiger partial charge in [0, 0.05) is 13.0 Å². The molecule has 1 amide bonds. The Morgan fingerprint density at radius 1 is 1.19 bits per heavy atom. The van der Waals surface area contributed by atoms with Crippen LogP contribution in [0.25, 0.3) is 0 Å². The Balaban J connectivity index is 1.52. The predicted octanol–water partition coefficient (Wildman–Crippen LogP) is 1.68. The topological polar surface area (TPSA) is 41.1 Å². The van der Waals surface area contributed by atoms with Crippen LogP contribution in [-0.2, 0) is 4.79 Å². The Kier molecular flexibility index (Phi) is 4.64. The maximum absolute atomic E-state index is 11.7. The second-order valence-electron chi connectivity index (χ2n) is 5.35. The highest BCUT2D eigenvalue weighted by atomic mass is 16.1. The molecule has 0 bridgehead atoms. The third kappa shape index (κ3) is 3.78. The summed E-state index contributed by atoms with van der Waals surface area (Å²) in [7, 11) is 0. The Morgan fingerprint density at radius 3 is 2.62 bits per heavy atom. The Hall–Kier alpha value is -0.570. The van der Waals surface area contributed by atoms with Crippen LogP contribution in [0.15, 0.2) is 0 Å². The molecule has 3 nitrogen and oxygen atoms in total. The molecule has 1 aliphatic heterocycles. The summed E-state index contributed by atoms with van der Waals surface area (Å²) in [6.45, 7) is 3.04. The molecule has 0 aromatic rings. The van der Waals surface area contributed by atoms with Crippen LogP contribution in [0.2, 0.25) is 0 Å². The van der Waals surface area contributed by atoms with Gasteiger partial charge in [0.15, 0.2) is 0 Å². The summed E-state index contributed by atoms with van der Waals surface area (Å²) in [6, 6.07) is 0. The minimum absolute atomic E-state index is 0.257. The molecule has 1 heterocycles. The van der Waals surface area contributed by atoms with Crippen molar-refractivity contribution in [3.05, 3.63) is 0 Å². The van der Waals surface area contributed by atoms with E-state index in [1.165, 1.54) is 38.5 Å². The molecule has 0 aromatic heterocycles. The molecule has 1 saturated carbocycles. The van der Waals surface area contributed by atoms with Crippen molar-refractivity contribution in [1.29, 1.82) is 0 Å². The van der Waals surface area contributed by atoms with Gasteiger partial charge in [0.25, 0.3) is 0 Å². The zero-order chi connectivity index (χ0) is 11.2. The number of carbonyl (C=O) groups excluding carboxylic acids is 1. The first-order chi connectivity index (χ1) is 7.84. The summed E-state index contributed by atoms with van der Waals surface area (Å²) < 4.78 is 0. The van der Waals surface area contributed by atoms with E-state index in [9.17, 15) is 4.79 Å². The standard InChI is InChI=1S/C13H24N2O/c16-13(9-12-5-2-7-14-10-12)15-8-6-11-3-1-4-11/h11-12,14H,1-10H2,(H,15,16). The largest absolute Gasteiger partial charge is 0.356 e. The van der Waals surface area contributed by atoms with E-state index in [2.05, 4.69) is 10.6 Å². The van der Waals surface area contributed by atoms with Gasteiger partial charge in [0.1, 0.15) is 0 Å². The highest BCUT2D eigenvalue weighted by molar-refractivity contribution is 5.76. The zero-order valence-corrected chi connectivity index (χ0v) is 10.1. The third-order valence-corrected chi connectivity index (χ3v) is 3.97. The Morgan fingerprint density at radius 2 is 2.00 bits per heavy atom. The minimum atomic E-state index is 0.257. The van der Waals surface area contributed by atoms with Crippen LogP contribution >= 0.6 is 0 Å². The van der Waals surface area contributed by atoms with E-state index in [4.69, 9.17) is 0 Å². The second-order valence-corrected chi connectivity index (χ2v) is 5.35. The quantitative estimate of drug-likeness (QED) is 0.746. The van der Waals surface area contributed by atoms with Crippen LogP contribution in [0.4, 0.5) is 0 Å². The number of hydrogen-bond acceptors (Lipinski definition) is 2.